The number of hydrogen-bond acceptors (Lipinski definition) is 1. The predicted octanol–water partition coefficient (Wildman–Crippen LogP) is 5.31. The van der Waals surface area contributed by atoms with E-state index in [1.807, 2.05) is 0 Å². The van der Waals surface area contributed by atoms with Crippen molar-refractivity contribution in [3.05, 3.63) is 27.7 Å². The molecule has 0 heterocycles. The molecule has 0 radical (unpaired) electrons. The zero-order valence-corrected chi connectivity index (χ0v) is 13.2. The van der Waals surface area contributed by atoms with Crippen LogP contribution < -0.4 is 4.74 Å². The van der Waals surface area contributed by atoms with Gasteiger partial charge in [0.05, 0.1) is 11.6 Å². The highest BCUT2D eigenvalue weighted by Gasteiger charge is 2.30. The summed E-state index contributed by atoms with van der Waals surface area (Å²) >= 11 is 3.76. The number of ether oxygens (including phenoxy) is 1. The lowest BCUT2D eigenvalue weighted by molar-refractivity contribution is 0.334. The van der Waals surface area contributed by atoms with Gasteiger partial charge in [-0.2, -0.15) is 0 Å². The number of halogens is 1. The molecule has 0 amide bonds. The van der Waals surface area contributed by atoms with Crippen molar-refractivity contribution in [3.63, 3.8) is 0 Å². The van der Waals surface area contributed by atoms with E-state index >= 15 is 0 Å². The van der Waals surface area contributed by atoms with E-state index in [0.29, 0.717) is 5.92 Å². The van der Waals surface area contributed by atoms with Crippen molar-refractivity contribution in [1.82, 2.24) is 0 Å². The quantitative estimate of drug-likeness (QED) is 0.732. The van der Waals surface area contributed by atoms with Crippen molar-refractivity contribution in [2.24, 2.45) is 5.92 Å². The summed E-state index contributed by atoms with van der Waals surface area (Å²) in [4.78, 5) is 0. The first kappa shape index (κ1) is 13.9. The summed E-state index contributed by atoms with van der Waals surface area (Å²) in [5.41, 5.74) is 3.03. The maximum absolute atomic E-state index is 5.45. The monoisotopic (exact) mass is 310 g/mol. The van der Waals surface area contributed by atoms with Gasteiger partial charge in [-0.15, -0.1) is 0 Å². The number of methoxy groups -OCH3 is 1. The van der Waals surface area contributed by atoms with Crippen molar-refractivity contribution < 1.29 is 4.74 Å². The van der Waals surface area contributed by atoms with Crippen LogP contribution in [0.4, 0.5) is 0 Å². The van der Waals surface area contributed by atoms with Gasteiger partial charge in [-0.1, -0.05) is 32.8 Å². The smallest absolute Gasteiger partial charge is 0.133 e. The van der Waals surface area contributed by atoms with Gasteiger partial charge < -0.3 is 4.74 Å². The van der Waals surface area contributed by atoms with Crippen molar-refractivity contribution in [1.29, 1.82) is 0 Å². The van der Waals surface area contributed by atoms with Gasteiger partial charge in [-0.25, -0.2) is 0 Å². The molecule has 0 saturated carbocycles. The number of rotatable bonds is 4. The van der Waals surface area contributed by atoms with Gasteiger partial charge in [0.2, 0.25) is 0 Å². The third kappa shape index (κ3) is 2.45. The van der Waals surface area contributed by atoms with E-state index in [2.05, 4.69) is 41.9 Å². The second kappa shape index (κ2) is 6.10. The summed E-state index contributed by atoms with van der Waals surface area (Å²) in [6, 6.07) is 4.35. The number of hydrogen-bond donors (Lipinski definition) is 0. The molecule has 1 aromatic rings. The summed E-state index contributed by atoms with van der Waals surface area (Å²) in [5.74, 6) is 2.51. The highest BCUT2D eigenvalue weighted by Crippen LogP contribution is 2.46. The molecule has 0 aromatic heterocycles. The van der Waals surface area contributed by atoms with Gasteiger partial charge in [0.25, 0.3) is 0 Å². The first-order valence-electron chi connectivity index (χ1n) is 7.08. The minimum Gasteiger partial charge on any atom is -0.496 e. The summed E-state index contributed by atoms with van der Waals surface area (Å²) in [6.45, 7) is 4.61. The standard InChI is InChI=1S/C16H23BrO/c1-4-6-11-7-8-12-9-10-14(18-3)16(17)15(12)13(11)5-2/h9-11,13H,4-8H2,1-3H3. The Balaban J connectivity index is 2.43. The van der Waals surface area contributed by atoms with E-state index < -0.39 is 0 Å². The molecule has 1 aromatic carbocycles. The average molecular weight is 311 g/mol. The molecule has 0 fully saturated rings. The fourth-order valence-corrected chi connectivity index (χ4v) is 4.26. The molecule has 0 aliphatic heterocycles. The molecular weight excluding hydrogens is 288 g/mol. The van der Waals surface area contributed by atoms with Crippen LogP contribution in [0, 0.1) is 5.92 Å². The third-order valence-electron chi connectivity index (χ3n) is 4.28. The van der Waals surface area contributed by atoms with Crippen LogP contribution in [0.25, 0.3) is 0 Å². The molecule has 2 atom stereocenters. The Hall–Kier alpha value is -0.500. The van der Waals surface area contributed by atoms with Crippen LogP contribution in [0.2, 0.25) is 0 Å². The van der Waals surface area contributed by atoms with E-state index in [1.165, 1.54) is 47.7 Å². The zero-order valence-electron chi connectivity index (χ0n) is 11.6. The topological polar surface area (TPSA) is 9.23 Å². The van der Waals surface area contributed by atoms with Crippen LogP contribution in [-0.2, 0) is 6.42 Å². The SMILES string of the molecule is CCCC1CCc2ccc(OC)c(Br)c2C1CC. The van der Waals surface area contributed by atoms with E-state index in [9.17, 15) is 0 Å². The van der Waals surface area contributed by atoms with Crippen LogP contribution >= 0.6 is 15.9 Å². The molecule has 0 bridgehead atoms. The van der Waals surface area contributed by atoms with Crippen LogP contribution in [0.5, 0.6) is 5.75 Å². The van der Waals surface area contributed by atoms with Crippen LogP contribution in [0.3, 0.4) is 0 Å². The highest BCUT2D eigenvalue weighted by molar-refractivity contribution is 9.10. The molecule has 1 aliphatic rings. The largest absolute Gasteiger partial charge is 0.496 e. The number of aryl methyl sites for hydroxylation is 1. The van der Waals surface area contributed by atoms with Gasteiger partial charge in [-0.05, 0) is 64.2 Å². The van der Waals surface area contributed by atoms with Gasteiger partial charge in [0.15, 0.2) is 0 Å². The fraction of sp³-hybridized carbons (Fsp3) is 0.625. The Morgan fingerprint density at radius 2 is 2.11 bits per heavy atom. The molecule has 2 rings (SSSR count). The lowest BCUT2D eigenvalue weighted by Crippen LogP contribution is -2.21. The first-order chi connectivity index (χ1) is 8.72. The Morgan fingerprint density at radius 1 is 1.33 bits per heavy atom. The minimum absolute atomic E-state index is 0.693. The first-order valence-corrected chi connectivity index (χ1v) is 7.87. The van der Waals surface area contributed by atoms with Gasteiger partial charge in [-0.3, -0.25) is 0 Å². The second-order valence-corrected chi connectivity index (χ2v) is 6.05. The van der Waals surface area contributed by atoms with E-state index in [1.54, 1.807) is 7.11 Å². The van der Waals surface area contributed by atoms with Crippen LogP contribution in [0.15, 0.2) is 16.6 Å². The van der Waals surface area contributed by atoms with E-state index in [0.717, 1.165) is 11.7 Å². The fourth-order valence-electron chi connectivity index (χ4n) is 3.42. The molecule has 18 heavy (non-hydrogen) atoms. The lowest BCUT2D eigenvalue weighted by atomic mass is 9.72. The molecule has 0 saturated heterocycles. The minimum atomic E-state index is 0.693. The van der Waals surface area contributed by atoms with Crippen molar-refractivity contribution in [2.45, 2.75) is 51.9 Å². The van der Waals surface area contributed by atoms with Crippen LogP contribution in [-0.4, -0.2) is 7.11 Å². The third-order valence-corrected chi connectivity index (χ3v) is 5.10. The highest BCUT2D eigenvalue weighted by atomic mass is 79.9. The Morgan fingerprint density at radius 3 is 2.72 bits per heavy atom. The van der Waals surface area contributed by atoms with Crippen molar-refractivity contribution in [2.75, 3.05) is 7.11 Å². The summed E-state index contributed by atoms with van der Waals surface area (Å²) in [7, 11) is 1.75. The Labute approximate surface area is 119 Å². The average Bonchev–Trinajstić information content (AvgIpc) is 2.39. The zero-order chi connectivity index (χ0) is 13.1. The van der Waals surface area contributed by atoms with E-state index in [4.69, 9.17) is 4.74 Å². The Bertz CT molecular complexity index is 414. The molecule has 1 aliphatic carbocycles. The van der Waals surface area contributed by atoms with Crippen molar-refractivity contribution >= 4 is 15.9 Å². The number of fused-ring (bicyclic) bond motifs is 1. The molecule has 2 heteroatoms. The number of benzene rings is 1. The van der Waals surface area contributed by atoms with Gasteiger partial charge in [0.1, 0.15) is 5.75 Å². The summed E-state index contributed by atoms with van der Waals surface area (Å²) in [5, 5.41) is 0. The molecule has 100 valence electrons. The predicted molar refractivity (Wildman–Crippen MR) is 80.4 cm³/mol. The van der Waals surface area contributed by atoms with Gasteiger partial charge in [0, 0.05) is 0 Å². The second-order valence-electron chi connectivity index (χ2n) is 5.26. The maximum atomic E-state index is 5.45. The molecule has 2 unspecified atom stereocenters. The summed E-state index contributed by atoms with van der Waals surface area (Å²) in [6.07, 6.45) is 6.43. The maximum Gasteiger partial charge on any atom is 0.133 e. The van der Waals surface area contributed by atoms with Crippen molar-refractivity contribution in [3.8, 4) is 5.75 Å². The molecule has 0 N–H and O–H groups in total. The normalized spacial score (nSPS) is 22.7. The molecule has 1 nitrogen and oxygen atoms in total. The van der Waals surface area contributed by atoms with Crippen LogP contribution in [0.1, 0.15) is 56.6 Å². The lowest BCUT2D eigenvalue weighted by Gasteiger charge is -2.34. The van der Waals surface area contributed by atoms with Gasteiger partial charge >= 0.3 is 0 Å². The molecule has 0 spiro atoms. The molecular formula is C16H23BrO. The Kier molecular flexibility index (Phi) is 4.71. The summed E-state index contributed by atoms with van der Waals surface area (Å²) < 4.78 is 6.64. The van der Waals surface area contributed by atoms with E-state index in [-0.39, 0.29) is 0 Å².